The van der Waals surface area contributed by atoms with Gasteiger partial charge in [0.1, 0.15) is 12.4 Å². The Hall–Kier alpha value is -0.930. The van der Waals surface area contributed by atoms with Gasteiger partial charge in [0.15, 0.2) is 0 Å². The van der Waals surface area contributed by atoms with E-state index in [4.69, 9.17) is 27.9 Å². The van der Waals surface area contributed by atoms with Crippen LogP contribution in [0.3, 0.4) is 0 Å². The minimum Gasteiger partial charge on any atom is -0.489 e. The Balaban J connectivity index is 0.00000364. The Labute approximate surface area is 180 Å². The summed E-state index contributed by atoms with van der Waals surface area (Å²) in [5.41, 5.74) is 2.20. The first-order valence-electron chi connectivity index (χ1n) is 9.55. The van der Waals surface area contributed by atoms with Crippen molar-refractivity contribution in [1.82, 2.24) is 5.32 Å². The molecule has 0 atom stereocenters. The Morgan fingerprint density at radius 1 is 0.889 bits per heavy atom. The van der Waals surface area contributed by atoms with Crippen LogP contribution in [0.15, 0.2) is 42.5 Å². The largest absolute Gasteiger partial charge is 0.489 e. The molecular formula is C22H30Cl3NO. The molecule has 0 aliphatic carbocycles. The summed E-state index contributed by atoms with van der Waals surface area (Å²) >= 11 is 12.1. The molecule has 27 heavy (non-hydrogen) atoms. The van der Waals surface area contributed by atoms with Crippen LogP contribution in [0.1, 0.15) is 56.6 Å². The van der Waals surface area contributed by atoms with Crippen LogP contribution in [-0.2, 0) is 13.2 Å². The van der Waals surface area contributed by atoms with Gasteiger partial charge in [0, 0.05) is 22.2 Å². The number of unbranched alkanes of at least 4 members (excludes halogenated alkanes) is 5. The third kappa shape index (κ3) is 9.71. The van der Waals surface area contributed by atoms with Crippen molar-refractivity contribution >= 4 is 35.6 Å². The van der Waals surface area contributed by atoms with Crippen LogP contribution in [0.25, 0.3) is 0 Å². The maximum Gasteiger partial charge on any atom is 0.119 e. The molecule has 0 aliphatic rings. The predicted molar refractivity (Wildman–Crippen MR) is 120 cm³/mol. The van der Waals surface area contributed by atoms with Gasteiger partial charge in [-0.05, 0) is 42.8 Å². The summed E-state index contributed by atoms with van der Waals surface area (Å²) in [5.74, 6) is 0.843. The number of ether oxygens (including phenoxy) is 1. The molecular weight excluding hydrogens is 401 g/mol. The Bertz CT molecular complexity index is 647. The molecule has 0 unspecified atom stereocenters. The highest BCUT2D eigenvalue weighted by molar-refractivity contribution is 6.35. The van der Waals surface area contributed by atoms with Crippen molar-refractivity contribution in [1.29, 1.82) is 0 Å². The molecule has 2 aromatic carbocycles. The molecule has 150 valence electrons. The first-order chi connectivity index (χ1) is 12.7. The average Bonchev–Trinajstić information content (AvgIpc) is 2.64. The molecule has 0 heterocycles. The molecule has 0 aromatic heterocycles. The molecule has 2 aromatic rings. The van der Waals surface area contributed by atoms with Gasteiger partial charge < -0.3 is 10.1 Å². The van der Waals surface area contributed by atoms with Crippen LogP contribution < -0.4 is 10.1 Å². The van der Waals surface area contributed by atoms with E-state index in [2.05, 4.69) is 24.4 Å². The second-order valence-electron chi connectivity index (χ2n) is 6.61. The highest BCUT2D eigenvalue weighted by Crippen LogP contribution is 2.22. The van der Waals surface area contributed by atoms with E-state index in [1.807, 2.05) is 24.3 Å². The highest BCUT2D eigenvalue weighted by Gasteiger charge is 2.03. The Morgan fingerprint density at radius 3 is 2.30 bits per heavy atom. The lowest BCUT2D eigenvalue weighted by molar-refractivity contribution is 0.306. The van der Waals surface area contributed by atoms with Crippen molar-refractivity contribution in [2.24, 2.45) is 0 Å². The highest BCUT2D eigenvalue weighted by atomic mass is 35.5. The molecule has 5 heteroatoms. The summed E-state index contributed by atoms with van der Waals surface area (Å²) in [4.78, 5) is 0. The Kier molecular flexibility index (Phi) is 12.6. The van der Waals surface area contributed by atoms with Crippen molar-refractivity contribution in [3.05, 3.63) is 63.6 Å². The summed E-state index contributed by atoms with van der Waals surface area (Å²) < 4.78 is 5.81. The molecule has 2 rings (SSSR count). The summed E-state index contributed by atoms with van der Waals surface area (Å²) in [7, 11) is 0. The van der Waals surface area contributed by atoms with Crippen molar-refractivity contribution < 1.29 is 4.74 Å². The molecule has 0 aliphatic heterocycles. The summed E-state index contributed by atoms with van der Waals surface area (Å²) in [6.45, 7) is 4.67. The quantitative estimate of drug-likeness (QED) is 0.353. The minimum atomic E-state index is 0. The summed E-state index contributed by atoms with van der Waals surface area (Å²) in [6, 6.07) is 13.7. The predicted octanol–water partition coefficient (Wildman–Crippen LogP) is 7.44. The SMILES string of the molecule is CCCCCCCCNCc1ccc(OCc2ccc(Cl)cc2Cl)cc1.Cl. The number of hydrogen-bond donors (Lipinski definition) is 1. The maximum atomic E-state index is 6.17. The van der Waals surface area contributed by atoms with E-state index in [9.17, 15) is 0 Å². The van der Waals surface area contributed by atoms with Crippen molar-refractivity contribution in [3.63, 3.8) is 0 Å². The molecule has 0 amide bonds. The van der Waals surface area contributed by atoms with Crippen molar-refractivity contribution in [2.45, 2.75) is 58.6 Å². The van der Waals surface area contributed by atoms with Crippen LogP contribution in [-0.4, -0.2) is 6.54 Å². The van der Waals surface area contributed by atoms with Gasteiger partial charge in [0.2, 0.25) is 0 Å². The van der Waals surface area contributed by atoms with Gasteiger partial charge in [-0.25, -0.2) is 0 Å². The minimum absolute atomic E-state index is 0. The third-order valence-electron chi connectivity index (χ3n) is 4.37. The van der Waals surface area contributed by atoms with Crippen LogP contribution in [0.4, 0.5) is 0 Å². The fourth-order valence-electron chi connectivity index (χ4n) is 2.77. The summed E-state index contributed by atoms with van der Waals surface area (Å²) in [6.07, 6.45) is 7.99. The first-order valence-corrected chi connectivity index (χ1v) is 10.3. The van der Waals surface area contributed by atoms with Crippen LogP contribution in [0.2, 0.25) is 10.0 Å². The monoisotopic (exact) mass is 429 g/mol. The molecule has 2 nitrogen and oxygen atoms in total. The smallest absolute Gasteiger partial charge is 0.119 e. The number of hydrogen-bond acceptors (Lipinski definition) is 2. The van der Waals surface area contributed by atoms with E-state index in [0.29, 0.717) is 16.7 Å². The molecule has 0 saturated heterocycles. The van der Waals surface area contributed by atoms with E-state index < -0.39 is 0 Å². The molecule has 0 radical (unpaired) electrons. The standard InChI is InChI=1S/C22H29Cl2NO.ClH/c1-2-3-4-5-6-7-14-25-16-18-8-12-21(13-9-18)26-17-19-10-11-20(23)15-22(19)24;/h8-13,15,25H,2-7,14,16-17H2,1H3;1H. The molecule has 0 bridgehead atoms. The lowest BCUT2D eigenvalue weighted by Gasteiger charge is -2.09. The fourth-order valence-corrected chi connectivity index (χ4v) is 3.23. The van der Waals surface area contributed by atoms with Crippen molar-refractivity contribution in [3.8, 4) is 5.75 Å². The van der Waals surface area contributed by atoms with Crippen LogP contribution in [0.5, 0.6) is 5.75 Å². The molecule has 0 fully saturated rings. The second-order valence-corrected chi connectivity index (χ2v) is 7.46. The zero-order valence-corrected chi connectivity index (χ0v) is 18.3. The lowest BCUT2D eigenvalue weighted by Crippen LogP contribution is -2.14. The second kappa shape index (κ2) is 14.1. The maximum absolute atomic E-state index is 6.17. The molecule has 0 spiro atoms. The lowest BCUT2D eigenvalue weighted by atomic mass is 10.1. The van der Waals surface area contributed by atoms with Crippen molar-refractivity contribution in [2.75, 3.05) is 6.54 Å². The van der Waals surface area contributed by atoms with E-state index in [1.54, 1.807) is 6.07 Å². The van der Waals surface area contributed by atoms with E-state index in [0.717, 1.165) is 24.4 Å². The van der Waals surface area contributed by atoms with Gasteiger partial charge >= 0.3 is 0 Å². The van der Waals surface area contributed by atoms with Gasteiger partial charge in [0.25, 0.3) is 0 Å². The van der Waals surface area contributed by atoms with Crippen LogP contribution in [0, 0.1) is 0 Å². The normalized spacial score (nSPS) is 10.5. The van der Waals surface area contributed by atoms with E-state index >= 15 is 0 Å². The summed E-state index contributed by atoms with van der Waals surface area (Å²) in [5, 5.41) is 4.78. The number of rotatable bonds is 12. The van der Waals surface area contributed by atoms with Gasteiger partial charge in [-0.2, -0.15) is 0 Å². The van der Waals surface area contributed by atoms with Gasteiger partial charge in [0.05, 0.1) is 0 Å². The fraction of sp³-hybridized carbons (Fsp3) is 0.455. The Morgan fingerprint density at radius 2 is 1.59 bits per heavy atom. The average molecular weight is 431 g/mol. The van der Waals surface area contributed by atoms with Gasteiger partial charge in [-0.1, -0.05) is 80.4 Å². The zero-order valence-electron chi connectivity index (χ0n) is 16.0. The number of benzene rings is 2. The third-order valence-corrected chi connectivity index (χ3v) is 4.96. The number of halogens is 3. The van der Waals surface area contributed by atoms with Crippen LogP contribution >= 0.6 is 35.6 Å². The molecule has 1 N–H and O–H groups in total. The zero-order chi connectivity index (χ0) is 18.6. The first kappa shape index (κ1) is 24.1. The van der Waals surface area contributed by atoms with Gasteiger partial charge in [-0.3, -0.25) is 0 Å². The van der Waals surface area contributed by atoms with Gasteiger partial charge in [-0.15, -0.1) is 12.4 Å². The topological polar surface area (TPSA) is 21.3 Å². The van der Waals surface area contributed by atoms with E-state index in [1.165, 1.54) is 44.1 Å². The number of nitrogens with one attached hydrogen (secondary N) is 1. The molecule has 0 saturated carbocycles. The van der Waals surface area contributed by atoms with E-state index in [-0.39, 0.29) is 12.4 Å².